The third kappa shape index (κ3) is 5.05. The number of thioether (sulfide) groups is 1. The van der Waals surface area contributed by atoms with Crippen LogP contribution >= 0.6 is 23.4 Å². The first kappa shape index (κ1) is 24.2. The Morgan fingerprint density at radius 2 is 1.81 bits per heavy atom. The number of amides is 1. The number of rotatable bonds is 6. The number of hydrogen-bond donors (Lipinski definition) is 0. The van der Waals surface area contributed by atoms with Crippen LogP contribution in [0.1, 0.15) is 41.6 Å². The summed E-state index contributed by atoms with van der Waals surface area (Å²) >= 11 is 7.50. The van der Waals surface area contributed by atoms with E-state index < -0.39 is 11.6 Å². The van der Waals surface area contributed by atoms with Gasteiger partial charge in [-0.25, -0.2) is 13.8 Å². The van der Waals surface area contributed by atoms with Crippen molar-refractivity contribution in [3.8, 4) is 5.75 Å². The predicted molar refractivity (Wildman–Crippen MR) is 138 cm³/mol. The van der Waals surface area contributed by atoms with Gasteiger partial charge >= 0.3 is 0 Å². The molecule has 2 aliphatic rings. The van der Waals surface area contributed by atoms with E-state index in [0.717, 1.165) is 30.0 Å². The molecule has 1 amide bonds. The van der Waals surface area contributed by atoms with Gasteiger partial charge in [0.2, 0.25) is 0 Å². The maximum atomic E-state index is 14.0. The molecule has 2 atom stereocenters. The molecule has 2 aliphatic heterocycles. The zero-order chi connectivity index (χ0) is 25.5. The topological polar surface area (TPSA) is 55.6 Å². The van der Waals surface area contributed by atoms with Gasteiger partial charge in [0, 0.05) is 47.3 Å². The molecule has 9 heteroatoms. The third-order valence-electron chi connectivity index (χ3n) is 7.01. The van der Waals surface area contributed by atoms with E-state index in [4.69, 9.17) is 20.8 Å². The molecule has 37 heavy (non-hydrogen) atoms. The number of piperidine rings is 1. The number of carbonyl (C=O) groups excluding carboxylic acids is 1. The van der Waals surface area contributed by atoms with Crippen molar-refractivity contribution in [1.29, 1.82) is 0 Å². The normalized spacial score (nSPS) is 20.9. The number of hydrogen-bond acceptors (Lipinski definition) is 5. The molecule has 190 valence electrons. The number of nitrogens with zero attached hydrogens (tertiary/aromatic N) is 2. The molecule has 4 aromatic rings. The van der Waals surface area contributed by atoms with E-state index in [0.29, 0.717) is 40.0 Å². The van der Waals surface area contributed by atoms with Gasteiger partial charge in [0.15, 0.2) is 17.1 Å². The van der Waals surface area contributed by atoms with E-state index in [9.17, 15) is 13.6 Å². The fourth-order valence-electron chi connectivity index (χ4n) is 5.28. The minimum Gasteiger partial charge on any atom is -0.487 e. The highest BCUT2D eigenvalue weighted by Crippen LogP contribution is 2.39. The lowest BCUT2D eigenvalue weighted by Gasteiger charge is -2.39. The van der Waals surface area contributed by atoms with Crippen molar-refractivity contribution in [1.82, 2.24) is 9.88 Å². The van der Waals surface area contributed by atoms with Gasteiger partial charge in [-0.1, -0.05) is 35.5 Å². The van der Waals surface area contributed by atoms with E-state index >= 15 is 0 Å². The van der Waals surface area contributed by atoms with Crippen LogP contribution in [0.2, 0.25) is 5.02 Å². The van der Waals surface area contributed by atoms with Gasteiger partial charge in [-0.2, -0.15) is 0 Å². The fourth-order valence-corrected chi connectivity index (χ4v) is 6.24. The van der Waals surface area contributed by atoms with Crippen molar-refractivity contribution < 1.29 is 22.7 Å². The maximum absolute atomic E-state index is 14.0. The summed E-state index contributed by atoms with van der Waals surface area (Å²) in [6.45, 7) is 0. The van der Waals surface area contributed by atoms with Gasteiger partial charge in [0.25, 0.3) is 11.1 Å². The van der Waals surface area contributed by atoms with Crippen molar-refractivity contribution in [2.24, 2.45) is 0 Å². The molecule has 0 aliphatic carbocycles. The van der Waals surface area contributed by atoms with Crippen molar-refractivity contribution in [2.45, 2.75) is 54.8 Å². The lowest BCUT2D eigenvalue weighted by atomic mass is 9.98. The molecule has 0 saturated carbocycles. The minimum atomic E-state index is -0.704. The Labute approximate surface area is 221 Å². The van der Waals surface area contributed by atoms with Crippen LogP contribution < -0.4 is 4.74 Å². The maximum Gasteiger partial charge on any atom is 0.257 e. The standard InChI is InChI=1S/C28H23ClF2N2O3S/c29-18-5-9-26-24(11-18)32-28(36-26)37-15-16-1-3-17(4-2-16)27(34)33-20-7-8-21(33)14-22(13-20)35-25-10-6-19(30)12-23(25)31/h1-6,9-12,20-22H,7-8,13-15H2. The van der Waals surface area contributed by atoms with E-state index in [1.54, 1.807) is 18.2 Å². The molecule has 2 fully saturated rings. The van der Waals surface area contributed by atoms with Crippen LogP contribution in [0.15, 0.2) is 70.3 Å². The van der Waals surface area contributed by atoms with E-state index in [1.165, 1.54) is 23.9 Å². The van der Waals surface area contributed by atoms with E-state index in [2.05, 4.69) is 4.98 Å². The SMILES string of the molecule is O=C(c1ccc(CSc2nc3cc(Cl)ccc3o2)cc1)N1C2CCC1CC(Oc1ccc(F)cc1F)C2. The summed E-state index contributed by atoms with van der Waals surface area (Å²) in [7, 11) is 0. The van der Waals surface area contributed by atoms with Crippen LogP contribution in [-0.4, -0.2) is 34.0 Å². The quantitative estimate of drug-likeness (QED) is 0.241. The highest BCUT2D eigenvalue weighted by molar-refractivity contribution is 7.98. The van der Waals surface area contributed by atoms with E-state index in [1.807, 2.05) is 29.2 Å². The Kier molecular flexibility index (Phi) is 6.55. The van der Waals surface area contributed by atoms with Crippen molar-refractivity contribution in [3.63, 3.8) is 0 Å². The monoisotopic (exact) mass is 540 g/mol. The number of ether oxygens (including phenoxy) is 1. The molecule has 3 aromatic carbocycles. The molecule has 2 bridgehead atoms. The van der Waals surface area contributed by atoms with Crippen molar-refractivity contribution in [2.75, 3.05) is 0 Å². The summed E-state index contributed by atoms with van der Waals surface area (Å²) in [5.41, 5.74) is 3.12. The van der Waals surface area contributed by atoms with Gasteiger partial charge in [-0.15, -0.1) is 0 Å². The van der Waals surface area contributed by atoms with Crippen LogP contribution in [0.5, 0.6) is 5.75 Å². The Bertz CT molecular complexity index is 1450. The molecular weight excluding hydrogens is 518 g/mol. The number of fused-ring (bicyclic) bond motifs is 3. The third-order valence-corrected chi connectivity index (χ3v) is 8.14. The van der Waals surface area contributed by atoms with Crippen LogP contribution in [0.25, 0.3) is 11.1 Å². The zero-order valence-corrected chi connectivity index (χ0v) is 21.3. The first-order chi connectivity index (χ1) is 17.9. The molecule has 0 radical (unpaired) electrons. The predicted octanol–water partition coefficient (Wildman–Crippen LogP) is 7.27. The average Bonchev–Trinajstić information content (AvgIpc) is 3.41. The molecule has 0 spiro atoms. The fraction of sp³-hybridized carbons (Fsp3) is 0.286. The Hall–Kier alpha value is -3.10. The van der Waals surface area contributed by atoms with Crippen molar-refractivity contribution in [3.05, 3.63) is 88.4 Å². The highest BCUT2D eigenvalue weighted by atomic mass is 35.5. The molecule has 1 aromatic heterocycles. The second-order valence-electron chi connectivity index (χ2n) is 9.46. The first-order valence-corrected chi connectivity index (χ1v) is 13.5. The number of halogens is 3. The minimum absolute atomic E-state index is 0.00828. The van der Waals surface area contributed by atoms with Crippen LogP contribution in [0, 0.1) is 11.6 Å². The molecular formula is C28H23ClF2N2O3S. The second kappa shape index (κ2) is 9.99. The van der Waals surface area contributed by atoms with Gasteiger partial charge < -0.3 is 14.1 Å². The summed E-state index contributed by atoms with van der Waals surface area (Å²) in [4.78, 5) is 19.8. The molecule has 2 unspecified atom stereocenters. The largest absolute Gasteiger partial charge is 0.487 e. The van der Waals surface area contributed by atoms with Gasteiger partial charge in [-0.05, 0) is 60.9 Å². The summed E-state index contributed by atoms with van der Waals surface area (Å²) in [6.07, 6.45) is 2.84. The Morgan fingerprint density at radius 1 is 1.05 bits per heavy atom. The van der Waals surface area contributed by atoms with Crippen LogP contribution in [-0.2, 0) is 5.75 Å². The Morgan fingerprint density at radius 3 is 2.54 bits per heavy atom. The van der Waals surface area contributed by atoms with Crippen LogP contribution in [0.4, 0.5) is 8.78 Å². The summed E-state index contributed by atoms with van der Waals surface area (Å²) in [5, 5.41) is 1.18. The number of carbonyl (C=O) groups is 1. The number of oxazole rings is 1. The lowest BCUT2D eigenvalue weighted by molar-refractivity contribution is 0.0349. The number of aromatic nitrogens is 1. The molecule has 5 nitrogen and oxygen atoms in total. The van der Waals surface area contributed by atoms with E-state index in [-0.39, 0.29) is 29.8 Å². The van der Waals surface area contributed by atoms with Gasteiger partial charge in [-0.3, -0.25) is 4.79 Å². The summed E-state index contributed by atoms with van der Waals surface area (Å²) in [6, 6.07) is 16.4. The number of benzene rings is 3. The average molecular weight is 541 g/mol. The first-order valence-electron chi connectivity index (χ1n) is 12.1. The molecule has 3 heterocycles. The Balaban J connectivity index is 1.08. The van der Waals surface area contributed by atoms with Gasteiger partial charge in [0.05, 0.1) is 0 Å². The molecule has 6 rings (SSSR count). The van der Waals surface area contributed by atoms with Gasteiger partial charge in [0.1, 0.15) is 17.4 Å². The summed E-state index contributed by atoms with van der Waals surface area (Å²) < 4.78 is 38.9. The smallest absolute Gasteiger partial charge is 0.257 e. The van der Waals surface area contributed by atoms with Crippen molar-refractivity contribution >= 4 is 40.4 Å². The van der Waals surface area contributed by atoms with Crippen LogP contribution in [0.3, 0.4) is 0 Å². The molecule has 0 N–H and O–H groups in total. The molecule has 2 saturated heterocycles. The highest BCUT2D eigenvalue weighted by Gasteiger charge is 2.44. The lowest BCUT2D eigenvalue weighted by Crippen LogP contribution is -2.49. The second-order valence-corrected chi connectivity index (χ2v) is 10.8. The zero-order valence-electron chi connectivity index (χ0n) is 19.7. The summed E-state index contributed by atoms with van der Waals surface area (Å²) in [5.74, 6) is -0.617.